The Morgan fingerprint density at radius 2 is 1.92 bits per heavy atom. The summed E-state index contributed by atoms with van der Waals surface area (Å²) in [4.78, 5) is 18.6. The number of nitrogens with zero attached hydrogens (tertiary/aromatic N) is 2. The van der Waals surface area contributed by atoms with Crippen LogP contribution in [0.25, 0.3) is 10.6 Å². The number of carbonyl (C=O) groups is 1. The Kier molecular flexibility index (Phi) is 5.39. The molecule has 0 saturated carbocycles. The van der Waals surface area contributed by atoms with Crippen LogP contribution in [0.2, 0.25) is 0 Å². The molecule has 134 valence electrons. The zero-order valence-electron chi connectivity index (χ0n) is 14.9. The third-order valence-electron chi connectivity index (χ3n) is 4.10. The zero-order valence-corrected chi connectivity index (χ0v) is 15.8. The van der Waals surface area contributed by atoms with Crippen LogP contribution >= 0.6 is 11.3 Å². The van der Waals surface area contributed by atoms with E-state index in [2.05, 4.69) is 26.2 Å². The molecule has 5 nitrogen and oxygen atoms in total. The number of ether oxygens (including phenoxy) is 2. The number of thiazole rings is 1. The predicted octanol–water partition coefficient (Wildman–Crippen LogP) is 3.35. The van der Waals surface area contributed by atoms with Crippen LogP contribution in [0, 0.1) is 0 Å². The molecule has 6 heteroatoms. The second kappa shape index (κ2) is 7.54. The molecule has 0 spiro atoms. The van der Waals surface area contributed by atoms with Crippen LogP contribution in [-0.4, -0.2) is 48.7 Å². The highest BCUT2D eigenvalue weighted by molar-refractivity contribution is 7.13. The van der Waals surface area contributed by atoms with Crippen LogP contribution in [0.5, 0.6) is 5.75 Å². The van der Waals surface area contributed by atoms with Gasteiger partial charge in [-0.3, -0.25) is 4.79 Å². The molecule has 1 aliphatic rings. The van der Waals surface area contributed by atoms with E-state index in [1.807, 2.05) is 24.3 Å². The third-order valence-corrected chi connectivity index (χ3v) is 4.99. The second-order valence-corrected chi connectivity index (χ2v) is 7.95. The molecule has 0 unspecified atom stereocenters. The summed E-state index contributed by atoms with van der Waals surface area (Å²) in [5, 5.41) is 3.11. The van der Waals surface area contributed by atoms with E-state index < -0.39 is 0 Å². The number of benzene rings is 1. The molecule has 2 aromatic rings. The monoisotopic (exact) mass is 360 g/mol. The number of morpholine rings is 1. The quantitative estimate of drug-likeness (QED) is 0.839. The van der Waals surface area contributed by atoms with Gasteiger partial charge in [0.05, 0.1) is 18.9 Å². The van der Waals surface area contributed by atoms with Crippen LogP contribution in [0.15, 0.2) is 29.6 Å². The summed E-state index contributed by atoms with van der Waals surface area (Å²) < 4.78 is 10.9. The fraction of sp³-hybridized carbons (Fsp3) is 0.474. The summed E-state index contributed by atoms with van der Waals surface area (Å²) in [6.45, 7) is 9.03. The molecule has 0 N–H and O–H groups in total. The molecule has 1 aromatic heterocycles. The average Bonchev–Trinajstić information content (AvgIpc) is 3.11. The first-order valence-corrected chi connectivity index (χ1v) is 9.36. The second-order valence-electron chi connectivity index (χ2n) is 7.09. The van der Waals surface area contributed by atoms with Gasteiger partial charge in [-0.2, -0.15) is 0 Å². The predicted molar refractivity (Wildman–Crippen MR) is 99.1 cm³/mol. The van der Waals surface area contributed by atoms with Gasteiger partial charge in [0.15, 0.2) is 6.61 Å². The van der Waals surface area contributed by atoms with Crippen molar-refractivity contribution in [2.24, 2.45) is 0 Å². The number of rotatable bonds is 4. The Labute approximate surface area is 152 Å². The molecule has 0 bridgehead atoms. The van der Waals surface area contributed by atoms with Crippen LogP contribution < -0.4 is 4.74 Å². The van der Waals surface area contributed by atoms with Crippen molar-refractivity contribution < 1.29 is 14.3 Å². The van der Waals surface area contributed by atoms with Crippen molar-refractivity contribution in [3.05, 3.63) is 35.3 Å². The fourth-order valence-electron chi connectivity index (χ4n) is 2.49. The molecule has 2 heterocycles. The standard InChI is InChI=1S/C19H24N2O3S/c1-19(2,3)16-13-25-18(20-16)14-4-6-15(7-5-14)24-12-17(22)21-8-10-23-11-9-21/h4-7,13H,8-12H2,1-3H3. The summed E-state index contributed by atoms with van der Waals surface area (Å²) in [6, 6.07) is 7.75. The van der Waals surface area contributed by atoms with Crippen molar-refractivity contribution in [2.45, 2.75) is 26.2 Å². The molecule has 0 atom stereocenters. The minimum Gasteiger partial charge on any atom is -0.484 e. The van der Waals surface area contributed by atoms with Gasteiger partial charge in [-0.05, 0) is 24.3 Å². The number of hydrogen-bond acceptors (Lipinski definition) is 5. The number of carbonyl (C=O) groups excluding carboxylic acids is 1. The first-order chi connectivity index (χ1) is 11.9. The first kappa shape index (κ1) is 17.9. The van der Waals surface area contributed by atoms with Gasteiger partial charge in [0.1, 0.15) is 10.8 Å². The SMILES string of the molecule is CC(C)(C)c1csc(-c2ccc(OCC(=O)N3CCOCC3)cc2)n1. The Balaban J connectivity index is 1.58. The molecule has 1 saturated heterocycles. The minimum absolute atomic E-state index is 0.00196. The molecular weight excluding hydrogens is 336 g/mol. The Morgan fingerprint density at radius 3 is 2.52 bits per heavy atom. The fourth-order valence-corrected chi connectivity index (χ4v) is 3.55. The van der Waals surface area contributed by atoms with E-state index in [1.54, 1.807) is 16.2 Å². The summed E-state index contributed by atoms with van der Waals surface area (Å²) in [6.07, 6.45) is 0. The van der Waals surface area contributed by atoms with E-state index >= 15 is 0 Å². The highest BCUT2D eigenvalue weighted by Gasteiger charge is 2.18. The van der Waals surface area contributed by atoms with E-state index in [9.17, 15) is 4.79 Å². The lowest BCUT2D eigenvalue weighted by Crippen LogP contribution is -2.42. The average molecular weight is 360 g/mol. The van der Waals surface area contributed by atoms with Crippen molar-refractivity contribution in [2.75, 3.05) is 32.9 Å². The van der Waals surface area contributed by atoms with Crippen molar-refractivity contribution in [3.63, 3.8) is 0 Å². The normalized spacial score (nSPS) is 15.2. The molecule has 0 radical (unpaired) electrons. The summed E-state index contributed by atoms with van der Waals surface area (Å²) in [5.74, 6) is 0.695. The lowest BCUT2D eigenvalue weighted by molar-refractivity contribution is -0.137. The van der Waals surface area contributed by atoms with Gasteiger partial charge >= 0.3 is 0 Å². The van der Waals surface area contributed by atoms with Crippen molar-refractivity contribution in [1.82, 2.24) is 9.88 Å². The summed E-state index contributed by atoms with van der Waals surface area (Å²) >= 11 is 1.65. The Morgan fingerprint density at radius 1 is 1.24 bits per heavy atom. The zero-order chi connectivity index (χ0) is 17.9. The van der Waals surface area contributed by atoms with Crippen LogP contribution in [0.1, 0.15) is 26.5 Å². The molecule has 0 aliphatic carbocycles. The van der Waals surface area contributed by atoms with Crippen LogP contribution in [0.4, 0.5) is 0 Å². The number of amides is 1. The smallest absolute Gasteiger partial charge is 0.260 e. The van der Waals surface area contributed by atoms with Crippen LogP contribution in [-0.2, 0) is 14.9 Å². The van der Waals surface area contributed by atoms with Crippen LogP contribution in [0.3, 0.4) is 0 Å². The number of aromatic nitrogens is 1. The first-order valence-electron chi connectivity index (χ1n) is 8.48. The molecule has 3 rings (SSSR count). The van der Waals surface area contributed by atoms with Gasteiger partial charge in [-0.25, -0.2) is 4.98 Å². The van der Waals surface area contributed by atoms with E-state index in [4.69, 9.17) is 14.5 Å². The van der Waals surface area contributed by atoms with Gasteiger partial charge < -0.3 is 14.4 Å². The maximum atomic E-state index is 12.1. The maximum Gasteiger partial charge on any atom is 0.260 e. The Hall–Kier alpha value is -1.92. The highest BCUT2D eigenvalue weighted by atomic mass is 32.1. The van der Waals surface area contributed by atoms with E-state index in [1.165, 1.54) is 0 Å². The number of hydrogen-bond donors (Lipinski definition) is 0. The van der Waals surface area contributed by atoms with Crippen molar-refractivity contribution >= 4 is 17.2 Å². The molecule has 1 amide bonds. The lowest BCUT2D eigenvalue weighted by Gasteiger charge is -2.26. The molecule has 1 fully saturated rings. The van der Waals surface area contributed by atoms with Crippen molar-refractivity contribution in [1.29, 1.82) is 0 Å². The summed E-state index contributed by atoms with van der Waals surface area (Å²) in [7, 11) is 0. The maximum absolute atomic E-state index is 12.1. The van der Waals surface area contributed by atoms with Gasteiger partial charge in [0, 0.05) is 29.4 Å². The topological polar surface area (TPSA) is 51.7 Å². The molecular formula is C19H24N2O3S. The van der Waals surface area contributed by atoms with Gasteiger partial charge in [0.25, 0.3) is 5.91 Å². The highest BCUT2D eigenvalue weighted by Crippen LogP contribution is 2.30. The van der Waals surface area contributed by atoms with Gasteiger partial charge in [-0.1, -0.05) is 20.8 Å². The molecule has 1 aromatic carbocycles. The summed E-state index contributed by atoms with van der Waals surface area (Å²) in [5.41, 5.74) is 2.22. The van der Waals surface area contributed by atoms with Crippen molar-refractivity contribution in [3.8, 4) is 16.3 Å². The largest absolute Gasteiger partial charge is 0.484 e. The third kappa shape index (κ3) is 4.58. The molecule has 1 aliphatic heterocycles. The van der Waals surface area contributed by atoms with E-state index in [-0.39, 0.29) is 17.9 Å². The van der Waals surface area contributed by atoms with E-state index in [0.717, 1.165) is 16.3 Å². The van der Waals surface area contributed by atoms with E-state index in [0.29, 0.717) is 32.1 Å². The Bertz CT molecular complexity index is 713. The molecule has 25 heavy (non-hydrogen) atoms. The van der Waals surface area contributed by atoms with Gasteiger partial charge in [-0.15, -0.1) is 11.3 Å². The lowest BCUT2D eigenvalue weighted by atomic mass is 9.93. The minimum atomic E-state index is 0.00196. The van der Waals surface area contributed by atoms with Gasteiger partial charge in [0.2, 0.25) is 0 Å².